The maximum Gasteiger partial charge on any atom is 0.215 e. The largest absolute Gasteiger partial charge is 0.258 e. The smallest absolute Gasteiger partial charge is 0.215 e. The number of aromatic amines is 1. The van der Waals surface area contributed by atoms with Gasteiger partial charge in [0.05, 0.1) is 0 Å². The van der Waals surface area contributed by atoms with E-state index in [-0.39, 0.29) is 0 Å². The number of hydrogen-bond donors (Lipinski definition) is 1. The lowest BCUT2D eigenvalue weighted by Crippen LogP contribution is -1.94. The van der Waals surface area contributed by atoms with Gasteiger partial charge < -0.3 is 0 Å². The molecule has 0 spiro atoms. The fraction of sp³-hybridized carbons (Fsp3) is 0.200. The quantitative estimate of drug-likeness (QED) is 0.686. The van der Waals surface area contributed by atoms with Gasteiger partial charge in [0, 0.05) is 22.6 Å². The lowest BCUT2D eigenvalue weighted by Gasteiger charge is -2.01. The Balaban J connectivity index is 1.56. The van der Waals surface area contributed by atoms with E-state index in [1.54, 1.807) is 6.07 Å². The summed E-state index contributed by atoms with van der Waals surface area (Å²) < 4.78 is 0. The zero-order chi connectivity index (χ0) is 15.8. The number of benzene rings is 1. The topological polar surface area (TPSA) is 67.3 Å². The predicted molar refractivity (Wildman–Crippen MR) is 90.0 cm³/mol. The van der Waals surface area contributed by atoms with Crippen LogP contribution in [0.1, 0.15) is 24.6 Å². The van der Waals surface area contributed by atoms with Gasteiger partial charge in [-0.05, 0) is 48.9 Å². The van der Waals surface area contributed by atoms with Gasteiger partial charge in [-0.2, -0.15) is 0 Å². The van der Waals surface area contributed by atoms with Gasteiger partial charge >= 0.3 is 0 Å². The van der Waals surface area contributed by atoms with Gasteiger partial charge in [-0.15, -0.1) is 5.10 Å². The van der Waals surface area contributed by atoms with E-state index in [0.717, 1.165) is 29.3 Å². The van der Waals surface area contributed by atoms with Gasteiger partial charge in [-0.1, -0.05) is 23.2 Å². The van der Waals surface area contributed by atoms with Gasteiger partial charge in [-0.25, -0.2) is 15.0 Å². The van der Waals surface area contributed by atoms with Crippen LogP contribution < -0.4 is 0 Å². The molecule has 1 fully saturated rings. The summed E-state index contributed by atoms with van der Waals surface area (Å²) in [5.41, 5.74) is 0.924. The number of halogens is 2. The minimum atomic E-state index is 0.449. The fourth-order valence-corrected chi connectivity index (χ4v) is 3.22. The number of rotatable bonds is 4. The van der Waals surface area contributed by atoms with Crippen molar-refractivity contribution in [2.24, 2.45) is 0 Å². The highest BCUT2D eigenvalue weighted by Gasteiger charge is 2.27. The molecule has 0 atom stereocenters. The maximum absolute atomic E-state index is 6.08. The Morgan fingerprint density at radius 3 is 2.57 bits per heavy atom. The number of nitrogens with zero attached hydrogens (tertiary/aromatic N) is 4. The molecule has 116 valence electrons. The van der Waals surface area contributed by atoms with Crippen molar-refractivity contribution in [2.75, 3.05) is 0 Å². The van der Waals surface area contributed by atoms with Crippen molar-refractivity contribution in [3.05, 3.63) is 46.3 Å². The first kappa shape index (κ1) is 14.9. The summed E-state index contributed by atoms with van der Waals surface area (Å²) in [6.07, 6.45) is 2.26. The second kappa shape index (κ2) is 6.11. The standard InChI is InChI=1S/C15H11Cl2N5S/c16-10-5-3-9(4-6-10)14-20-15(22-21-14)23-12-7-11(17)18-13(19-12)8-1-2-8/h3-8H,1-2H2,(H,20,21,22). The van der Waals surface area contributed by atoms with Crippen molar-refractivity contribution >= 4 is 35.0 Å². The van der Waals surface area contributed by atoms with Crippen LogP contribution in [0, 0.1) is 0 Å². The van der Waals surface area contributed by atoms with E-state index < -0.39 is 0 Å². The zero-order valence-corrected chi connectivity index (χ0v) is 14.2. The molecule has 1 aliphatic rings. The van der Waals surface area contributed by atoms with Crippen LogP contribution in [0.4, 0.5) is 0 Å². The van der Waals surface area contributed by atoms with E-state index in [2.05, 4.69) is 25.1 Å². The zero-order valence-electron chi connectivity index (χ0n) is 11.8. The van der Waals surface area contributed by atoms with E-state index in [9.17, 15) is 0 Å². The van der Waals surface area contributed by atoms with Crippen LogP contribution in [0.5, 0.6) is 0 Å². The third-order valence-electron chi connectivity index (χ3n) is 3.41. The van der Waals surface area contributed by atoms with Crippen LogP contribution in [-0.4, -0.2) is 25.1 Å². The highest BCUT2D eigenvalue weighted by Crippen LogP contribution is 2.39. The third kappa shape index (κ3) is 3.49. The molecule has 0 amide bonds. The SMILES string of the molecule is Clc1ccc(-c2nc(Sc3cc(Cl)nc(C4CC4)n3)n[nH]2)cc1. The minimum absolute atomic E-state index is 0.449. The number of H-pyrrole nitrogens is 1. The van der Waals surface area contributed by atoms with Crippen molar-refractivity contribution in [1.29, 1.82) is 0 Å². The molecule has 1 aliphatic carbocycles. The summed E-state index contributed by atoms with van der Waals surface area (Å²) in [5.74, 6) is 1.95. The van der Waals surface area contributed by atoms with Crippen molar-refractivity contribution < 1.29 is 0 Å². The molecule has 2 aromatic heterocycles. The summed E-state index contributed by atoms with van der Waals surface area (Å²) in [6, 6.07) is 9.15. The molecule has 2 heterocycles. The van der Waals surface area contributed by atoms with Crippen LogP contribution in [-0.2, 0) is 0 Å². The van der Waals surface area contributed by atoms with Crippen molar-refractivity contribution in [3.63, 3.8) is 0 Å². The predicted octanol–water partition coefficient (Wildman–Crippen LogP) is 4.60. The first-order valence-corrected chi connectivity index (χ1v) is 8.65. The van der Waals surface area contributed by atoms with Gasteiger partial charge in [-0.3, -0.25) is 5.10 Å². The monoisotopic (exact) mass is 363 g/mol. The van der Waals surface area contributed by atoms with Crippen molar-refractivity contribution in [2.45, 2.75) is 28.9 Å². The van der Waals surface area contributed by atoms with Crippen LogP contribution in [0.25, 0.3) is 11.4 Å². The molecule has 0 saturated heterocycles. The van der Waals surface area contributed by atoms with Crippen LogP contribution in [0.15, 0.2) is 40.5 Å². The second-order valence-electron chi connectivity index (χ2n) is 5.24. The van der Waals surface area contributed by atoms with E-state index >= 15 is 0 Å². The molecule has 4 rings (SSSR count). The molecule has 0 aliphatic heterocycles. The van der Waals surface area contributed by atoms with Gasteiger partial charge in [0.2, 0.25) is 5.16 Å². The van der Waals surface area contributed by atoms with E-state index in [1.165, 1.54) is 11.8 Å². The lowest BCUT2D eigenvalue weighted by atomic mass is 10.2. The molecule has 1 saturated carbocycles. The van der Waals surface area contributed by atoms with Gasteiger partial charge in [0.1, 0.15) is 16.0 Å². The molecule has 8 heteroatoms. The molecule has 1 aromatic carbocycles. The summed E-state index contributed by atoms with van der Waals surface area (Å²) in [7, 11) is 0. The normalized spacial score (nSPS) is 14.2. The Kier molecular flexibility index (Phi) is 3.97. The maximum atomic E-state index is 6.08. The Morgan fingerprint density at radius 2 is 1.83 bits per heavy atom. The molecule has 0 unspecified atom stereocenters. The highest BCUT2D eigenvalue weighted by molar-refractivity contribution is 7.99. The second-order valence-corrected chi connectivity index (χ2v) is 7.05. The average Bonchev–Trinajstić information content (AvgIpc) is 3.28. The third-order valence-corrected chi connectivity index (χ3v) is 4.64. The Morgan fingerprint density at radius 1 is 1.04 bits per heavy atom. The molecular formula is C15H11Cl2N5S. The van der Waals surface area contributed by atoms with Crippen LogP contribution in [0.3, 0.4) is 0 Å². The van der Waals surface area contributed by atoms with E-state index in [0.29, 0.717) is 27.1 Å². The van der Waals surface area contributed by atoms with Crippen LogP contribution >= 0.6 is 35.0 Å². The van der Waals surface area contributed by atoms with Crippen molar-refractivity contribution in [3.8, 4) is 11.4 Å². The number of aromatic nitrogens is 5. The molecule has 0 bridgehead atoms. The molecule has 0 radical (unpaired) electrons. The molecule has 1 N–H and O–H groups in total. The molecule has 23 heavy (non-hydrogen) atoms. The van der Waals surface area contributed by atoms with Crippen molar-refractivity contribution in [1.82, 2.24) is 25.1 Å². The number of hydrogen-bond acceptors (Lipinski definition) is 5. The lowest BCUT2D eigenvalue weighted by molar-refractivity contribution is 0.874. The Labute approximate surface area is 146 Å². The number of nitrogens with one attached hydrogen (secondary N) is 1. The van der Waals surface area contributed by atoms with Gasteiger partial charge in [0.25, 0.3) is 0 Å². The van der Waals surface area contributed by atoms with Gasteiger partial charge in [0.15, 0.2) is 5.82 Å². The molecule has 5 nitrogen and oxygen atoms in total. The molecule has 3 aromatic rings. The highest BCUT2D eigenvalue weighted by atomic mass is 35.5. The summed E-state index contributed by atoms with van der Waals surface area (Å²) in [6.45, 7) is 0. The average molecular weight is 364 g/mol. The van der Waals surface area contributed by atoms with E-state index in [1.807, 2.05) is 24.3 Å². The van der Waals surface area contributed by atoms with Crippen LogP contribution in [0.2, 0.25) is 10.2 Å². The van der Waals surface area contributed by atoms with E-state index in [4.69, 9.17) is 23.2 Å². The molecular weight excluding hydrogens is 353 g/mol. The first-order valence-electron chi connectivity index (χ1n) is 7.08. The summed E-state index contributed by atoms with van der Waals surface area (Å²) in [4.78, 5) is 13.3. The summed E-state index contributed by atoms with van der Waals surface area (Å²) >= 11 is 13.3. The first-order chi connectivity index (χ1) is 11.2. The Hall–Kier alpha value is -1.63. The minimum Gasteiger partial charge on any atom is -0.258 e. The summed E-state index contributed by atoms with van der Waals surface area (Å²) in [5, 5.41) is 9.63. The fourth-order valence-electron chi connectivity index (χ4n) is 2.11. The Bertz CT molecular complexity index is 845.